The molecule has 0 heterocycles. The van der Waals surface area contributed by atoms with Crippen molar-refractivity contribution in [3.8, 4) is 11.5 Å². The Morgan fingerprint density at radius 3 is 2.36 bits per heavy atom. The molecule has 1 N–H and O–H groups in total. The number of benzene rings is 2. The van der Waals surface area contributed by atoms with Gasteiger partial charge < -0.3 is 19.7 Å². The summed E-state index contributed by atoms with van der Waals surface area (Å²) in [6.45, 7) is 0.368. The first-order valence-corrected chi connectivity index (χ1v) is 12.0. The number of nitrogens with zero attached hydrogens (tertiary/aromatic N) is 1. The van der Waals surface area contributed by atoms with E-state index in [1.165, 1.54) is 6.42 Å². The third-order valence-electron chi connectivity index (χ3n) is 6.15. The maximum Gasteiger partial charge on any atom is 0.247 e. The summed E-state index contributed by atoms with van der Waals surface area (Å²) in [5.74, 6) is 0.390. The van der Waals surface area contributed by atoms with E-state index in [0.717, 1.165) is 31.2 Å². The number of ether oxygens (including phenoxy) is 2. The highest BCUT2D eigenvalue weighted by Gasteiger charge is 2.33. The SMILES string of the molecule is COc1ccc([C@@H](C(=O)NC2CCCCC2)N(CCc2ccccc2)C(=O)CCl)cc1OC. The van der Waals surface area contributed by atoms with Gasteiger partial charge in [-0.25, -0.2) is 0 Å². The molecule has 2 amide bonds. The van der Waals surface area contributed by atoms with Crippen molar-refractivity contribution < 1.29 is 19.1 Å². The zero-order valence-corrected chi connectivity index (χ0v) is 20.1. The standard InChI is InChI=1S/C26H33ClN2O4/c1-32-22-14-13-20(17-23(22)33-2)25(26(31)28-21-11-7-4-8-12-21)29(24(30)18-27)16-15-19-9-5-3-6-10-19/h3,5-6,9-10,13-14,17,21,25H,4,7-8,11-12,15-16,18H2,1-2H3,(H,28,31)/t25-/m0/s1. The Balaban J connectivity index is 1.94. The molecule has 1 aliphatic carbocycles. The maximum atomic E-state index is 13.6. The lowest BCUT2D eigenvalue weighted by Crippen LogP contribution is -2.48. The Morgan fingerprint density at radius 2 is 1.73 bits per heavy atom. The highest BCUT2D eigenvalue weighted by molar-refractivity contribution is 6.27. The van der Waals surface area contributed by atoms with E-state index in [9.17, 15) is 9.59 Å². The van der Waals surface area contributed by atoms with Crippen molar-refractivity contribution in [1.82, 2.24) is 10.2 Å². The Kier molecular flexibility index (Phi) is 9.43. The summed E-state index contributed by atoms with van der Waals surface area (Å²) < 4.78 is 10.8. The van der Waals surface area contributed by atoms with Crippen LogP contribution in [0.2, 0.25) is 0 Å². The second kappa shape index (κ2) is 12.5. The van der Waals surface area contributed by atoms with Crippen molar-refractivity contribution in [2.24, 2.45) is 0 Å². The molecule has 0 unspecified atom stereocenters. The molecule has 0 spiro atoms. The topological polar surface area (TPSA) is 67.9 Å². The van der Waals surface area contributed by atoms with Crippen LogP contribution in [0.5, 0.6) is 11.5 Å². The van der Waals surface area contributed by atoms with Gasteiger partial charge in [0.05, 0.1) is 14.2 Å². The van der Waals surface area contributed by atoms with E-state index in [1.54, 1.807) is 31.3 Å². The van der Waals surface area contributed by atoms with Crippen LogP contribution in [-0.4, -0.2) is 49.4 Å². The maximum absolute atomic E-state index is 13.6. The molecule has 0 radical (unpaired) electrons. The minimum absolute atomic E-state index is 0.121. The molecule has 6 nitrogen and oxygen atoms in total. The van der Waals surface area contributed by atoms with E-state index in [0.29, 0.717) is 30.0 Å². The Morgan fingerprint density at radius 1 is 1.03 bits per heavy atom. The Hall–Kier alpha value is -2.73. The van der Waals surface area contributed by atoms with Gasteiger partial charge in [0.25, 0.3) is 0 Å². The lowest BCUT2D eigenvalue weighted by molar-refractivity contribution is -0.139. The number of nitrogens with one attached hydrogen (secondary N) is 1. The zero-order chi connectivity index (χ0) is 23.6. The van der Waals surface area contributed by atoms with Gasteiger partial charge in [0, 0.05) is 12.6 Å². The van der Waals surface area contributed by atoms with Crippen LogP contribution in [0.15, 0.2) is 48.5 Å². The van der Waals surface area contributed by atoms with Gasteiger partial charge in [0.1, 0.15) is 11.9 Å². The summed E-state index contributed by atoms with van der Waals surface area (Å²) in [7, 11) is 3.11. The smallest absolute Gasteiger partial charge is 0.247 e. The average molecular weight is 473 g/mol. The van der Waals surface area contributed by atoms with Crippen molar-refractivity contribution in [3.05, 3.63) is 59.7 Å². The van der Waals surface area contributed by atoms with E-state index in [4.69, 9.17) is 21.1 Å². The molecule has 0 bridgehead atoms. The molecule has 1 saturated carbocycles. The molecule has 1 fully saturated rings. The summed E-state index contributed by atoms with van der Waals surface area (Å²) in [4.78, 5) is 28.2. The number of halogens is 1. The lowest BCUT2D eigenvalue weighted by Gasteiger charge is -2.33. The number of methoxy groups -OCH3 is 2. The largest absolute Gasteiger partial charge is 0.493 e. The van der Waals surface area contributed by atoms with Crippen LogP contribution >= 0.6 is 11.6 Å². The molecular weight excluding hydrogens is 440 g/mol. The summed E-state index contributed by atoms with van der Waals surface area (Å²) in [5.41, 5.74) is 1.75. The zero-order valence-electron chi connectivity index (χ0n) is 19.4. The molecule has 3 rings (SSSR count). The number of alkyl halides is 1. The average Bonchev–Trinajstić information content (AvgIpc) is 2.86. The highest BCUT2D eigenvalue weighted by Crippen LogP contribution is 2.33. The van der Waals surface area contributed by atoms with Crippen LogP contribution < -0.4 is 14.8 Å². The number of rotatable bonds is 10. The van der Waals surface area contributed by atoms with Gasteiger partial charge in [-0.2, -0.15) is 0 Å². The molecule has 178 valence electrons. The lowest BCUT2D eigenvalue weighted by atomic mass is 9.94. The van der Waals surface area contributed by atoms with Crippen LogP contribution in [0, 0.1) is 0 Å². The fourth-order valence-corrected chi connectivity index (χ4v) is 4.55. The van der Waals surface area contributed by atoms with Crippen molar-refractivity contribution in [3.63, 3.8) is 0 Å². The summed E-state index contributed by atoms with van der Waals surface area (Å²) in [5, 5.41) is 3.19. The van der Waals surface area contributed by atoms with Crippen LogP contribution in [0.1, 0.15) is 49.3 Å². The summed E-state index contributed by atoms with van der Waals surface area (Å²) >= 11 is 6.00. The predicted molar refractivity (Wildman–Crippen MR) is 130 cm³/mol. The summed E-state index contributed by atoms with van der Waals surface area (Å²) in [6, 6.07) is 14.5. The quantitative estimate of drug-likeness (QED) is 0.517. The van der Waals surface area contributed by atoms with Gasteiger partial charge in [0.15, 0.2) is 11.5 Å². The molecular formula is C26H33ClN2O4. The molecule has 0 aromatic heterocycles. The van der Waals surface area contributed by atoms with Gasteiger partial charge in [-0.05, 0) is 42.5 Å². The van der Waals surface area contributed by atoms with E-state index < -0.39 is 6.04 Å². The van der Waals surface area contributed by atoms with Crippen molar-refractivity contribution in [2.75, 3.05) is 26.6 Å². The minimum Gasteiger partial charge on any atom is -0.493 e. The molecule has 33 heavy (non-hydrogen) atoms. The minimum atomic E-state index is -0.818. The molecule has 1 atom stereocenters. The van der Waals surface area contributed by atoms with Crippen molar-refractivity contribution >= 4 is 23.4 Å². The second-order valence-corrected chi connectivity index (χ2v) is 8.58. The molecule has 2 aromatic carbocycles. The predicted octanol–water partition coefficient (Wildman–Crippen LogP) is 4.50. The number of carbonyl (C=O) groups excluding carboxylic acids is 2. The van der Waals surface area contributed by atoms with Crippen LogP contribution in [0.4, 0.5) is 0 Å². The van der Waals surface area contributed by atoms with Gasteiger partial charge in [-0.15, -0.1) is 11.6 Å². The third kappa shape index (κ3) is 6.64. The number of hydrogen-bond acceptors (Lipinski definition) is 4. The van der Waals surface area contributed by atoms with E-state index in [-0.39, 0.29) is 23.7 Å². The van der Waals surface area contributed by atoms with Gasteiger partial charge in [-0.1, -0.05) is 55.7 Å². The first-order chi connectivity index (χ1) is 16.1. The van der Waals surface area contributed by atoms with Crippen molar-refractivity contribution in [1.29, 1.82) is 0 Å². The monoisotopic (exact) mass is 472 g/mol. The van der Waals surface area contributed by atoms with Gasteiger partial charge >= 0.3 is 0 Å². The second-order valence-electron chi connectivity index (χ2n) is 8.32. The van der Waals surface area contributed by atoms with Gasteiger partial charge in [0.2, 0.25) is 11.8 Å². The Bertz CT molecular complexity index is 916. The van der Waals surface area contributed by atoms with Crippen LogP contribution in [-0.2, 0) is 16.0 Å². The molecule has 0 aliphatic heterocycles. The van der Waals surface area contributed by atoms with Crippen LogP contribution in [0.25, 0.3) is 0 Å². The fourth-order valence-electron chi connectivity index (χ4n) is 4.39. The first-order valence-electron chi connectivity index (χ1n) is 11.5. The molecule has 0 saturated heterocycles. The van der Waals surface area contributed by atoms with E-state index in [2.05, 4.69) is 5.32 Å². The number of carbonyl (C=O) groups is 2. The fraction of sp³-hybridized carbons (Fsp3) is 0.462. The normalized spacial score (nSPS) is 14.9. The third-order valence-corrected chi connectivity index (χ3v) is 6.38. The van der Waals surface area contributed by atoms with Crippen molar-refractivity contribution in [2.45, 2.75) is 50.6 Å². The van der Waals surface area contributed by atoms with E-state index >= 15 is 0 Å². The summed E-state index contributed by atoms with van der Waals surface area (Å²) in [6.07, 6.45) is 5.92. The number of hydrogen-bond donors (Lipinski definition) is 1. The van der Waals surface area contributed by atoms with Gasteiger partial charge in [-0.3, -0.25) is 9.59 Å². The van der Waals surface area contributed by atoms with E-state index in [1.807, 2.05) is 36.4 Å². The molecule has 2 aromatic rings. The molecule has 1 aliphatic rings. The first kappa shape index (κ1) is 24.9. The number of amides is 2. The molecule has 7 heteroatoms. The Labute approximate surface area is 201 Å². The van der Waals surface area contributed by atoms with Crippen LogP contribution in [0.3, 0.4) is 0 Å². The highest BCUT2D eigenvalue weighted by atomic mass is 35.5.